The Kier molecular flexibility index (Phi) is 4.26. The van der Waals surface area contributed by atoms with Gasteiger partial charge >= 0.3 is 11.9 Å². The van der Waals surface area contributed by atoms with Crippen LogP contribution in [0.3, 0.4) is 0 Å². The number of nitrogens with zero attached hydrogens (tertiary/aromatic N) is 1. The predicted molar refractivity (Wildman–Crippen MR) is 55.8 cm³/mol. The summed E-state index contributed by atoms with van der Waals surface area (Å²) in [6.07, 6.45) is 4.54. The van der Waals surface area contributed by atoms with Crippen LogP contribution < -0.4 is 0 Å². The normalized spacial score (nSPS) is 10.6. The summed E-state index contributed by atoms with van der Waals surface area (Å²) in [5, 5.41) is 14.7. The summed E-state index contributed by atoms with van der Waals surface area (Å²) in [6, 6.07) is 0. The zero-order chi connectivity index (χ0) is 12.0. The molecule has 16 heavy (non-hydrogen) atoms. The molecule has 0 radical (unpaired) electrons. The third-order valence-electron chi connectivity index (χ3n) is 1.77. The third kappa shape index (κ3) is 3.23. The Balaban J connectivity index is 2.59. The minimum absolute atomic E-state index is 0.000101. The molecule has 86 valence electrons. The van der Waals surface area contributed by atoms with E-state index in [9.17, 15) is 9.59 Å². The highest BCUT2D eigenvalue weighted by Crippen LogP contribution is 2.07. The molecular weight excluding hydrogens is 212 g/mol. The van der Waals surface area contributed by atoms with Crippen LogP contribution in [0.25, 0.3) is 6.08 Å². The second-order valence-electron chi connectivity index (χ2n) is 2.92. The number of esters is 1. The second-order valence-corrected chi connectivity index (χ2v) is 2.92. The molecule has 0 saturated carbocycles. The molecule has 0 amide bonds. The lowest BCUT2D eigenvalue weighted by molar-refractivity contribution is -0.142. The quantitative estimate of drug-likeness (QED) is 0.730. The molecular formula is C10H12N2O4. The first-order valence-corrected chi connectivity index (χ1v) is 4.74. The lowest BCUT2D eigenvalue weighted by Crippen LogP contribution is -2.01. The highest BCUT2D eigenvalue weighted by atomic mass is 16.5. The van der Waals surface area contributed by atoms with Crippen LogP contribution in [0, 0.1) is 0 Å². The number of carboxylic acid groups (broad SMARTS) is 1. The van der Waals surface area contributed by atoms with Crippen LogP contribution in [-0.4, -0.2) is 33.8 Å². The van der Waals surface area contributed by atoms with Crippen LogP contribution in [-0.2, 0) is 9.53 Å². The molecule has 0 aliphatic heterocycles. The number of carboxylic acids is 1. The fourth-order valence-electron chi connectivity index (χ4n) is 1.10. The third-order valence-corrected chi connectivity index (χ3v) is 1.77. The van der Waals surface area contributed by atoms with Crippen molar-refractivity contribution >= 4 is 18.0 Å². The number of rotatable bonds is 5. The molecule has 6 heteroatoms. The molecule has 6 nitrogen and oxygen atoms in total. The zero-order valence-corrected chi connectivity index (χ0v) is 8.77. The van der Waals surface area contributed by atoms with Crippen molar-refractivity contribution in [2.24, 2.45) is 0 Å². The first-order valence-electron chi connectivity index (χ1n) is 4.74. The van der Waals surface area contributed by atoms with E-state index in [4.69, 9.17) is 9.84 Å². The van der Waals surface area contributed by atoms with Gasteiger partial charge in [-0.2, -0.15) is 5.10 Å². The molecule has 2 N–H and O–H groups in total. The predicted octanol–water partition coefficient (Wildman–Crippen LogP) is 1.07. The van der Waals surface area contributed by atoms with Crippen LogP contribution in [0.5, 0.6) is 0 Å². The number of hydrogen-bond donors (Lipinski definition) is 2. The molecule has 0 aliphatic rings. The molecule has 0 saturated heterocycles. The first-order chi connectivity index (χ1) is 7.65. The topological polar surface area (TPSA) is 92.3 Å². The van der Waals surface area contributed by atoms with Gasteiger partial charge in [-0.3, -0.25) is 9.89 Å². The van der Waals surface area contributed by atoms with E-state index in [2.05, 4.69) is 10.2 Å². The first kappa shape index (κ1) is 12.0. The van der Waals surface area contributed by atoms with E-state index in [1.807, 2.05) is 0 Å². The minimum atomic E-state index is -1.09. The number of aromatic carboxylic acids is 1. The van der Waals surface area contributed by atoms with Crippen molar-refractivity contribution in [2.45, 2.75) is 13.3 Å². The van der Waals surface area contributed by atoms with Crippen LogP contribution >= 0.6 is 0 Å². The highest BCUT2D eigenvalue weighted by Gasteiger charge is 2.09. The van der Waals surface area contributed by atoms with E-state index in [1.54, 1.807) is 6.92 Å². The van der Waals surface area contributed by atoms with Crippen molar-refractivity contribution in [1.82, 2.24) is 10.2 Å². The lowest BCUT2D eigenvalue weighted by atomic mass is 10.2. The van der Waals surface area contributed by atoms with Crippen molar-refractivity contribution in [3.8, 4) is 0 Å². The van der Waals surface area contributed by atoms with Crippen LogP contribution in [0.2, 0.25) is 0 Å². The van der Waals surface area contributed by atoms with E-state index in [0.717, 1.165) is 0 Å². The van der Waals surface area contributed by atoms with Gasteiger partial charge in [-0.05, 0) is 6.92 Å². The fourth-order valence-corrected chi connectivity index (χ4v) is 1.10. The molecule has 0 atom stereocenters. The number of carbonyl (C=O) groups excluding carboxylic acids is 1. The average molecular weight is 224 g/mol. The van der Waals surface area contributed by atoms with Crippen molar-refractivity contribution < 1.29 is 19.4 Å². The molecule has 0 unspecified atom stereocenters. The number of aromatic amines is 1. The molecule has 0 fully saturated rings. The minimum Gasteiger partial charge on any atom is -0.477 e. The fraction of sp³-hybridized carbons (Fsp3) is 0.300. The Labute approximate surface area is 91.9 Å². The van der Waals surface area contributed by atoms with Crippen molar-refractivity contribution in [3.05, 3.63) is 23.5 Å². The molecule has 1 aromatic rings. The average Bonchev–Trinajstić information content (AvgIpc) is 2.66. The maximum Gasteiger partial charge on any atom is 0.354 e. The Hall–Kier alpha value is -2.11. The summed E-state index contributed by atoms with van der Waals surface area (Å²) in [5.74, 6) is -1.44. The second kappa shape index (κ2) is 5.69. The van der Waals surface area contributed by atoms with Gasteiger partial charge < -0.3 is 9.84 Å². The van der Waals surface area contributed by atoms with Crippen molar-refractivity contribution in [3.63, 3.8) is 0 Å². The summed E-state index contributed by atoms with van der Waals surface area (Å²) in [7, 11) is 0. The summed E-state index contributed by atoms with van der Waals surface area (Å²) >= 11 is 0. The van der Waals surface area contributed by atoms with Crippen LogP contribution in [0.15, 0.2) is 12.3 Å². The van der Waals surface area contributed by atoms with E-state index in [1.165, 1.54) is 18.3 Å². The Morgan fingerprint density at radius 1 is 1.62 bits per heavy atom. The summed E-state index contributed by atoms with van der Waals surface area (Å²) in [4.78, 5) is 21.7. The van der Waals surface area contributed by atoms with Gasteiger partial charge in [0.15, 0.2) is 5.69 Å². The zero-order valence-electron chi connectivity index (χ0n) is 8.77. The molecule has 0 aromatic carbocycles. The van der Waals surface area contributed by atoms with Gasteiger partial charge in [-0.25, -0.2) is 4.79 Å². The molecule has 0 aliphatic carbocycles. The number of carbonyl (C=O) groups is 2. The Morgan fingerprint density at radius 2 is 2.38 bits per heavy atom. The smallest absolute Gasteiger partial charge is 0.354 e. The van der Waals surface area contributed by atoms with Gasteiger partial charge in [-0.15, -0.1) is 0 Å². The monoisotopic (exact) mass is 224 g/mol. The number of hydrogen-bond acceptors (Lipinski definition) is 4. The van der Waals surface area contributed by atoms with Crippen molar-refractivity contribution in [1.29, 1.82) is 0 Å². The number of ether oxygens (including phenoxy) is 1. The van der Waals surface area contributed by atoms with Gasteiger partial charge in [0.1, 0.15) is 0 Å². The van der Waals surface area contributed by atoms with Gasteiger partial charge in [-0.1, -0.05) is 12.2 Å². The summed E-state index contributed by atoms with van der Waals surface area (Å²) in [5.41, 5.74) is 0.428. The number of nitrogens with one attached hydrogen (secondary N) is 1. The molecule has 1 heterocycles. The van der Waals surface area contributed by atoms with Gasteiger partial charge in [0.2, 0.25) is 0 Å². The molecule has 1 rings (SSSR count). The van der Waals surface area contributed by atoms with E-state index < -0.39 is 5.97 Å². The van der Waals surface area contributed by atoms with Gasteiger partial charge in [0.05, 0.1) is 19.2 Å². The maximum absolute atomic E-state index is 11.0. The van der Waals surface area contributed by atoms with Crippen LogP contribution in [0.1, 0.15) is 29.4 Å². The lowest BCUT2D eigenvalue weighted by Gasteiger charge is -1.96. The van der Waals surface area contributed by atoms with Gasteiger partial charge in [0.25, 0.3) is 0 Å². The van der Waals surface area contributed by atoms with Crippen molar-refractivity contribution in [2.75, 3.05) is 6.61 Å². The van der Waals surface area contributed by atoms with Crippen LogP contribution in [0.4, 0.5) is 0 Å². The largest absolute Gasteiger partial charge is 0.477 e. The molecule has 0 bridgehead atoms. The number of aromatic nitrogens is 2. The summed E-state index contributed by atoms with van der Waals surface area (Å²) < 4.78 is 4.71. The van der Waals surface area contributed by atoms with E-state index in [0.29, 0.717) is 12.2 Å². The maximum atomic E-state index is 11.0. The SMILES string of the molecule is CCOC(=O)CC=Cc1cn[nH]c1C(=O)O. The summed E-state index contributed by atoms with van der Waals surface area (Å²) in [6.45, 7) is 2.05. The highest BCUT2D eigenvalue weighted by molar-refractivity contribution is 5.89. The Morgan fingerprint density at radius 3 is 3.00 bits per heavy atom. The molecule has 0 spiro atoms. The Bertz CT molecular complexity index is 409. The number of H-pyrrole nitrogens is 1. The van der Waals surface area contributed by atoms with E-state index in [-0.39, 0.29) is 18.1 Å². The van der Waals surface area contributed by atoms with Gasteiger partial charge in [0, 0.05) is 5.56 Å². The van der Waals surface area contributed by atoms with E-state index >= 15 is 0 Å². The standard InChI is InChI=1S/C10H12N2O4/c1-2-16-8(13)5-3-4-7-6-11-12-9(7)10(14)15/h3-4,6H,2,5H2,1H3,(H,11,12)(H,14,15). The molecule has 1 aromatic heterocycles.